The molecule has 26 heavy (non-hydrogen) atoms. The highest BCUT2D eigenvalue weighted by Crippen LogP contribution is 2.39. The summed E-state index contributed by atoms with van der Waals surface area (Å²) in [5.74, 6) is 0.785. The fraction of sp³-hybridized carbons (Fsp3) is 0.842. The van der Waals surface area contributed by atoms with Gasteiger partial charge in [-0.15, -0.1) is 0 Å². The second kappa shape index (κ2) is 8.73. The lowest BCUT2D eigenvalue weighted by Crippen LogP contribution is -2.56. The molecule has 2 aliphatic rings. The zero-order valence-corrected chi connectivity index (χ0v) is 16.7. The average molecular weight is 367 g/mol. The highest BCUT2D eigenvalue weighted by molar-refractivity contribution is 5.84. The van der Waals surface area contributed by atoms with Crippen LogP contribution in [0.3, 0.4) is 0 Å². The van der Waals surface area contributed by atoms with E-state index < -0.39 is 0 Å². The standard InChI is InChI=1S/C19H34N4O3/c1-15(2)7-11-23-14-19(9-6-16(23)24)8-5-10-22(13-19)17(25)12-20-18(26)21(3)4/h15H,5-14H2,1-4H3,(H,20,26)/t19-/m0/s1. The molecule has 4 amide bonds. The minimum Gasteiger partial charge on any atom is -0.342 e. The van der Waals surface area contributed by atoms with Gasteiger partial charge in [0, 0.05) is 52.1 Å². The van der Waals surface area contributed by atoms with Gasteiger partial charge in [-0.2, -0.15) is 0 Å². The first-order chi connectivity index (χ1) is 12.2. The Balaban J connectivity index is 1.94. The summed E-state index contributed by atoms with van der Waals surface area (Å²) in [6.07, 6.45) is 4.47. The lowest BCUT2D eigenvalue weighted by Gasteiger charge is -2.48. The number of nitrogens with zero attached hydrogens (tertiary/aromatic N) is 3. The van der Waals surface area contributed by atoms with E-state index >= 15 is 0 Å². The van der Waals surface area contributed by atoms with Gasteiger partial charge >= 0.3 is 6.03 Å². The monoisotopic (exact) mass is 366 g/mol. The van der Waals surface area contributed by atoms with E-state index in [-0.39, 0.29) is 29.8 Å². The van der Waals surface area contributed by atoms with Gasteiger partial charge in [0.2, 0.25) is 11.8 Å². The lowest BCUT2D eigenvalue weighted by molar-refractivity contribution is -0.142. The lowest BCUT2D eigenvalue weighted by atomic mass is 9.73. The zero-order chi connectivity index (χ0) is 19.3. The Labute approximate surface area is 157 Å². The van der Waals surface area contributed by atoms with Crippen molar-refractivity contribution in [3.8, 4) is 0 Å². The number of rotatable bonds is 5. The molecule has 0 saturated carbocycles. The molecule has 0 radical (unpaired) electrons. The molecule has 7 heteroatoms. The van der Waals surface area contributed by atoms with Crippen LogP contribution in [0, 0.1) is 11.3 Å². The van der Waals surface area contributed by atoms with Crippen LogP contribution in [0.25, 0.3) is 0 Å². The van der Waals surface area contributed by atoms with E-state index in [2.05, 4.69) is 19.2 Å². The van der Waals surface area contributed by atoms with Crippen LogP contribution in [0.2, 0.25) is 0 Å². The molecule has 148 valence electrons. The number of hydrogen-bond acceptors (Lipinski definition) is 3. The second-order valence-corrected chi connectivity index (χ2v) is 8.47. The van der Waals surface area contributed by atoms with Crippen LogP contribution in [0.4, 0.5) is 4.79 Å². The summed E-state index contributed by atoms with van der Waals surface area (Å²) in [4.78, 5) is 41.7. The second-order valence-electron chi connectivity index (χ2n) is 8.47. The minimum absolute atomic E-state index is 0.0182. The molecule has 2 saturated heterocycles. The van der Waals surface area contributed by atoms with Gasteiger partial charge in [0.05, 0.1) is 6.54 Å². The van der Waals surface area contributed by atoms with Crippen LogP contribution in [-0.4, -0.2) is 79.4 Å². The van der Waals surface area contributed by atoms with Gasteiger partial charge in [-0.05, 0) is 31.6 Å². The van der Waals surface area contributed by atoms with E-state index in [1.807, 2.05) is 9.80 Å². The first kappa shape index (κ1) is 20.5. The fourth-order valence-corrected chi connectivity index (χ4v) is 3.90. The van der Waals surface area contributed by atoms with Gasteiger partial charge in [-0.3, -0.25) is 9.59 Å². The van der Waals surface area contributed by atoms with Crippen LogP contribution >= 0.6 is 0 Å². The third kappa shape index (κ3) is 5.35. The van der Waals surface area contributed by atoms with Gasteiger partial charge < -0.3 is 20.0 Å². The van der Waals surface area contributed by atoms with Gasteiger partial charge in [0.1, 0.15) is 0 Å². The first-order valence-electron chi connectivity index (χ1n) is 9.73. The fourth-order valence-electron chi connectivity index (χ4n) is 3.90. The maximum absolute atomic E-state index is 12.5. The summed E-state index contributed by atoms with van der Waals surface area (Å²) in [6.45, 7) is 7.37. The molecular formula is C19H34N4O3. The van der Waals surface area contributed by atoms with Crippen molar-refractivity contribution in [3.05, 3.63) is 0 Å². The molecule has 0 bridgehead atoms. The van der Waals surface area contributed by atoms with Crippen LogP contribution in [0.1, 0.15) is 46.0 Å². The number of likely N-dealkylation sites (tertiary alicyclic amines) is 2. The summed E-state index contributed by atoms with van der Waals surface area (Å²) in [5, 5.41) is 2.65. The molecule has 2 aliphatic heterocycles. The van der Waals surface area contributed by atoms with E-state index in [0.717, 1.165) is 45.3 Å². The Hall–Kier alpha value is -1.79. The number of nitrogens with one attached hydrogen (secondary N) is 1. The molecule has 2 heterocycles. The Morgan fingerprint density at radius 1 is 1.23 bits per heavy atom. The molecular weight excluding hydrogens is 332 g/mol. The van der Waals surface area contributed by atoms with Crippen LogP contribution < -0.4 is 5.32 Å². The number of carbonyl (C=O) groups is 3. The maximum atomic E-state index is 12.5. The quantitative estimate of drug-likeness (QED) is 0.802. The smallest absolute Gasteiger partial charge is 0.317 e. The molecule has 1 N–H and O–H groups in total. The van der Waals surface area contributed by atoms with Crippen molar-refractivity contribution in [2.75, 3.05) is 46.8 Å². The third-order valence-electron chi connectivity index (χ3n) is 5.54. The van der Waals surface area contributed by atoms with Gasteiger partial charge in [-0.25, -0.2) is 4.79 Å². The van der Waals surface area contributed by atoms with Crippen molar-refractivity contribution in [1.82, 2.24) is 20.0 Å². The molecule has 0 aromatic rings. The van der Waals surface area contributed by atoms with Gasteiger partial charge in [0.15, 0.2) is 0 Å². The Morgan fingerprint density at radius 2 is 1.96 bits per heavy atom. The highest BCUT2D eigenvalue weighted by Gasteiger charge is 2.42. The molecule has 0 aromatic carbocycles. The van der Waals surface area contributed by atoms with Crippen molar-refractivity contribution in [2.24, 2.45) is 11.3 Å². The molecule has 7 nitrogen and oxygen atoms in total. The van der Waals surface area contributed by atoms with E-state index in [4.69, 9.17) is 0 Å². The summed E-state index contributed by atoms with van der Waals surface area (Å²) >= 11 is 0. The van der Waals surface area contributed by atoms with Crippen molar-refractivity contribution in [1.29, 1.82) is 0 Å². The topological polar surface area (TPSA) is 73.0 Å². The van der Waals surface area contributed by atoms with E-state index in [1.165, 1.54) is 4.90 Å². The van der Waals surface area contributed by atoms with Crippen LogP contribution in [0.5, 0.6) is 0 Å². The summed E-state index contributed by atoms with van der Waals surface area (Å²) in [5.41, 5.74) is 0.0182. The summed E-state index contributed by atoms with van der Waals surface area (Å²) in [7, 11) is 3.31. The predicted molar refractivity (Wildman–Crippen MR) is 101 cm³/mol. The molecule has 1 atom stereocenters. The van der Waals surface area contributed by atoms with E-state index in [1.54, 1.807) is 14.1 Å². The maximum Gasteiger partial charge on any atom is 0.317 e. The number of piperidine rings is 2. The SMILES string of the molecule is CC(C)CCN1C[C@@]2(CCCN(C(=O)CNC(=O)N(C)C)C2)CCC1=O. The van der Waals surface area contributed by atoms with Gasteiger partial charge in [0.25, 0.3) is 0 Å². The van der Waals surface area contributed by atoms with Crippen molar-refractivity contribution >= 4 is 17.8 Å². The number of carbonyl (C=O) groups excluding carboxylic acids is 3. The van der Waals surface area contributed by atoms with Crippen molar-refractivity contribution < 1.29 is 14.4 Å². The van der Waals surface area contributed by atoms with E-state index in [9.17, 15) is 14.4 Å². The zero-order valence-electron chi connectivity index (χ0n) is 16.7. The number of urea groups is 1. The Kier molecular flexibility index (Phi) is 6.89. The largest absolute Gasteiger partial charge is 0.342 e. The van der Waals surface area contributed by atoms with Crippen molar-refractivity contribution in [2.45, 2.75) is 46.0 Å². The normalized spacial score (nSPS) is 23.5. The van der Waals surface area contributed by atoms with Crippen LogP contribution in [0.15, 0.2) is 0 Å². The summed E-state index contributed by atoms with van der Waals surface area (Å²) in [6, 6.07) is -0.256. The van der Waals surface area contributed by atoms with E-state index in [0.29, 0.717) is 18.9 Å². The summed E-state index contributed by atoms with van der Waals surface area (Å²) < 4.78 is 0. The van der Waals surface area contributed by atoms with Gasteiger partial charge in [-0.1, -0.05) is 13.8 Å². The molecule has 1 spiro atoms. The molecule has 0 unspecified atom stereocenters. The first-order valence-corrected chi connectivity index (χ1v) is 9.73. The highest BCUT2D eigenvalue weighted by atomic mass is 16.2. The predicted octanol–water partition coefficient (Wildman–Crippen LogP) is 1.53. The van der Waals surface area contributed by atoms with Crippen LogP contribution in [-0.2, 0) is 9.59 Å². The molecule has 0 aromatic heterocycles. The molecule has 2 rings (SSSR count). The number of amides is 4. The van der Waals surface area contributed by atoms with Crippen molar-refractivity contribution in [3.63, 3.8) is 0 Å². The third-order valence-corrected chi connectivity index (χ3v) is 5.54. The Morgan fingerprint density at radius 3 is 2.62 bits per heavy atom. The number of hydrogen-bond donors (Lipinski definition) is 1. The minimum atomic E-state index is -0.256. The average Bonchev–Trinajstić information content (AvgIpc) is 2.60. The molecule has 0 aliphatic carbocycles. The Bertz CT molecular complexity index is 535. The molecule has 2 fully saturated rings.